The highest BCUT2D eigenvalue weighted by Gasteiger charge is 2.37. The predicted molar refractivity (Wildman–Crippen MR) is 59.6 cm³/mol. The quantitative estimate of drug-likeness (QED) is 0.508. The molecule has 1 saturated heterocycles. The normalized spacial score (nSPS) is 31.2. The highest BCUT2D eigenvalue weighted by molar-refractivity contribution is 5.88. The number of carbonyl (C=O) groups is 2. The Hall–Kier alpha value is -0.860. The van der Waals surface area contributed by atoms with Gasteiger partial charge in [-0.1, -0.05) is 26.7 Å². The molecular weight excluding hydrogens is 204 g/mol. The van der Waals surface area contributed by atoms with Crippen molar-refractivity contribution in [2.75, 3.05) is 0 Å². The van der Waals surface area contributed by atoms with Gasteiger partial charge in [0.2, 0.25) is 0 Å². The zero-order valence-electron chi connectivity index (χ0n) is 10.1. The van der Waals surface area contributed by atoms with Gasteiger partial charge < -0.3 is 4.74 Å². The van der Waals surface area contributed by atoms with E-state index in [1.165, 1.54) is 12.8 Å². The van der Waals surface area contributed by atoms with Gasteiger partial charge >= 0.3 is 11.9 Å². The molecule has 90 valence electrons. The number of carbonyl (C=O) groups excluding carboxylic acids is 2. The fraction of sp³-hybridized carbons (Fsp3) is 0.846. The second-order valence-corrected chi connectivity index (χ2v) is 6.04. The van der Waals surface area contributed by atoms with Gasteiger partial charge in [0, 0.05) is 12.8 Å². The van der Waals surface area contributed by atoms with Gasteiger partial charge in [-0.15, -0.1) is 0 Å². The highest BCUT2D eigenvalue weighted by atomic mass is 16.6. The standard InChI is InChI=1S/C13H20O3/c1-13(2)5-3-4-9(8-13)10-6-11(14)16-12(15)7-10/h9-10H,3-8H2,1-2H3. The molecule has 1 unspecified atom stereocenters. The van der Waals surface area contributed by atoms with Crippen molar-refractivity contribution in [2.24, 2.45) is 17.3 Å². The Kier molecular flexibility index (Phi) is 3.04. The summed E-state index contributed by atoms with van der Waals surface area (Å²) in [5, 5.41) is 0. The summed E-state index contributed by atoms with van der Waals surface area (Å²) in [6.07, 6.45) is 5.65. The first-order valence-corrected chi connectivity index (χ1v) is 6.20. The Morgan fingerprint density at radius 1 is 1.12 bits per heavy atom. The van der Waals surface area contributed by atoms with E-state index in [0.717, 1.165) is 12.8 Å². The van der Waals surface area contributed by atoms with E-state index in [1.807, 2.05) is 0 Å². The van der Waals surface area contributed by atoms with Gasteiger partial charge in [0.25, 0.3) is 0 Å². The molecule has 0 N–H and O–H groups in total. The predicted octanol–water partition coefficient (Wildman–Crippen LogP) is 2.68. The molecule has 1 saturated carbocycles. The Morgan fingerprint density at radius 2 is 1.75 bits per heavy atom. The molecule has 0 bridgehead atoms. The van der Waals surface area contributed by atoms with E-state index in [9.17, 15) is 9.59 Å². The maximum Gasteiger partial charge on any atom is 0.313 e. The first-order chi connectivity index (χ1) is 7.46. The first-order valence-electron chi connectivity index (χ1n) is 6.20. The van der Waals surface area contributed by atoms with Crippen molar-refractivity contribution in [3.63, 3.8) is 0 Å². The largest absolute Gasteiger partial charge is 0.393 e. The summed E-state index contributed by atoms with van der Waals surface area (Å²) in [7, 11) is 0. The monoisotopic (exact) mass is 224 g/mol. The van der Waals surface area contributed by atoms with E-state index in [2.05, 4.69) is 18.6 Å². The number of hydrogen-bond donors (Lipinski definition) is 0. The topological polar surface area (TPSA) is 43.4 Å². The second kappa shape index (κ2) is 4.19. The summed E-state index contributed by atoms with van der Waals surface area (Å²) in [6, 6.07) is 0. The summed E-state index contributed by atoms with van der Waals surface area (Å²) in [5.74, 6) is 0.100. The van der Waals surface area contributed by atoms with Crippen molar-refractivity contribution >= 4 is 11.9 Å². The second-order valence-electron chi connectivity index (χ2n) is 6.04. The Balaban J connectivity index is 2.01. The van der Waals surface area contributed by atoms with Crippen LogP contribution in [0.15, 0.2) is 0 Å². The van der Waals surface area contributed by atoms with Crippen LogP contribution < -0.4 is 0 Å². The van der Waals surface area contributed by atoms with Crippen LogP contribution in [-0.2, 0) is 14.3 Å². The molecule has 0 radical (unpaired) electrons. The minimum atomic E-state index is -0.329. The maximum atomic E-state index is 11.2. The van der Waals surface area contributed by atoms with Gasteiger partial charge in [-0.05, 0) is 30.1 Å². The Labute approximate surface area is 96.5 Å². The first kappa shape index (κ1) is 11.6. The smallest absolute Gasteiger partial charge is 0.313 e. The molecule has 1 atom stereocenters. The minimum Gasteiger partial charge on any atom is -0.393 e. The lowest BCUT2D eigenvalue weighted by Crippen LogP contribution is -2.34. The highest BCUT2D eigenvalue weighted by Crippen LogP contribution is 2.44. The van der Waals surface area contributed by atoms with Crippen LogP contribution in [0.3, 0.4) is 0 Å². The summed E-state index contributed by atoms with van der Waals surface area (Å²) < 4.78 is 4.58. The zero-order chi connectivity index (χ0) is 11.8. The molecule has 0 spiro atoms. The average molecular weight is 224 g/mol. The third-order valence-electron chi connectivity index (χ3n) is 4.00. The molecule has 0 aromatic rings. The van der Waals surface area contributed by atoms with Crippen LogP contribution in [-0.4, -0.2) is 11.9 Å². The van der Waals surface area contributed by atoms with Crippen molar-refractivity contribution in [2.45, 2.75) is 52.4 Å². The van der Waals surface area contributed by atoms with Crippen LogP contribution >= 0.6 is 0 Å². The molecular formula is C13H20O3. The summed E-state index contributed by atoms with van der Waals surface area (Å²) >= 11 is 0. The van der Waals surface area contributed by atoms with Crippen LogP contribution in [0.5, 0.6) is 0 Å². The van der Waals surface area contributed by atoms with Gasteiger partial charge in [-0.2, -0.15) is 0 Å². The number of ether oxygens (including phenoxy) is 1. The lowest BCUT2D eigenvalue weighted by Gasteiger charge is -2.39. The number of hydrogen-bond acceptors (Lipinski definition) is 3. The SMILES string of the molecule is CC1(C)CCCC(C2CC(=O)OC(=O)C2)C1. The van der Waals surface area contributed by atoms with Crippen LogP contribution in [0, 0.1) is 17.3 Å². The van der Waals surface area contributed by atoms with Crippen LogP contribution in [0.2, 0.25) is 0 Å². The number of rotatable bonds is 1. The molecule has 3 nitrogen and oxygen atoms in total. The van der Waals surface area contributed by atoms with E-state index in [0.29, 0.717) is 24.2 Å². The van der Waals surface area contributed by atoms with Gasteiger partial charge in [0.1, 0.15) is 0 Å². The van der Waals surface area contributed by atoms with Crippen molar-refractivity contribution < 1.29 is 14.3 Å². The molecule has 3 heteroatoms. The fourth-order valence-corrected chi connectivity index (χ4v) is 3.20. The minimum absolute atomic E-state index is 0.230. The molecule has 2 rings (SSSR count). The molecule has 2 fully saturated rings. The van der Waals surface area contributed by atoms with Crippen molar-refractivity contribution in [3.05, 3.63) is 0 Å². The molecule has 1 aliphatic heterocycles. The Bertz CT molecular complexity index is 290. The van der Waals surface area contributed by atoms with Crippen LogP contribution in [0.4, 0.5) is 0 Å². The maximum absolute atomic E-state index is 11.2. The van der Waals surface area contributed by atoms with Gasteiger partial charge in [0.15, 0.2) is 0 Å². The Morgan fingerprint density at radius 3 is 2.31 bits per heavy atom. The molecule has 2 aliphatic rings. The van der Waals surface area contributed by atoms with E-state index in [4.69, 9.17) is 0 Å². The summed E-state index contributed by atoms with van der Waals surface area (Å²) in [6.45, 7) is 4.56. The van der Waals surface area contributed by atoms with E-state index in [1.54, 1.807) is 0 Å². The number of cyclic esters (lactones) is 2. The number of esters is 2. The third kappa shape index (κ3) is 2.63. The molecule has 0 amide bonds. The van der Waals surface area contributed by atoms with Crippen LogP contribution in [0.1, 0.15) is 52.4 Å². The molecule has 0 aromatic heterocycles. The molecule has 1 aliphatic carbocycles. The lowest BCUT2D eigenvalue weighted by atomic mass is 9.67. The van der Waals surface area contributed by atoms with Crippen LogP contribution in [0.25, 0.3) is 0 Å². The van der Waals surface area contributed by atoms with Gasteiger partial charge in [-0.25, -0.2) is 0 Å². The van der Waals surface area contributed by atoms with Crippen molar-refractivity contribution in [3.8, 4) is 0 Å². The third-order valence-corrected chi connectivity index (χ3v) is 4.00. The average Bonchev–Trinajstić information content (AvgIpc) is 2.14. The summed E-state index contributed by atoms with van der Waals surface area (Å²) in [5.41, 5.74) is 0.368. The van der Waals surface area contributed by atoms with Crippen molar-refractivity contribution in [1.29, 1.82) is 0 Å². The lowest BCUT2D eigenvalue weighted by molar-refractivity contribution is -0.167. The fourth-order valence-electron chi connectivity index (χ4n) is 3.20. The van der Waals surface area contributed by atoms with Gasteiger partial charge in [-0.3, -0.25) is 9.59 Å². The molecule has 16 heavy (non-hydrogen) atoms. The molecule has 1 heterocycles. The summed E-state index contributed by atoms with van der Waals surface area (Å²) in [4.78, 5) is 22.5. The molecule has 0 aromatic carbocycles. The van der Waals surface area contributed by atoms with E-state index in [-0.39, 0.29) is 17.9 Å². The van der Waals surface area contributed by atoms with Crippen molar-refractivity contribution in [1.82, 2.24) is 0 Å². The van der Waals surface area contributed by atoms with E-state index < -0.39 is 0 Å². The van der Waals surface area contributed by atoms with Gasteiger partial charge in [0.05, 0.1) is 0 Å². The van der Waals surface area contributed by atoms with E-state index >= 15 is 0 Å². The zero-order valence-corrected chi connectivity index (χ0v) is 10.1.